The molecule has 90 valence electrons. The first kappa shape index (κ1) is 12.0. The van der Waals surface area contributed by atoms with E-state index in [-0.39, 0.29) is 6.10 Å². The quantitative estimate of drug-likeness (QED) is 0.779. The van der Waals surface area contributed by atoms with E-state index < -0.39 is 0 Å². The van der Waals surface area contributed by atoms with Crippen LogP contribution in [0.1, 0.15) is 13.8 Å². The number of hydrogen-bond donors (Lipinski definition) is 0. The maximum Gasteiger partial charge on any atom is 0.276 e. The molecule has 0 radical (unpaired) electrons. The van der Waals surface area contributed by atoms with Crippen LogP contribution in [0.4, 0.5) is 0 Å². The fourth-order valence-corrected chi connectivity index (χ4v) is 1.64. The second kappa shape index (κ2) is 5.23. The lowest BCUT2D eigenvalue weighted by Crippen LogP contribution is -2.05. The largest absolute Gasteiger partial charge is 0.491 e. The van der Waals surface area contributed by atoms with Crippen LogP contribution < -0.4 is 4.74 Å². The van der Waals surface area contributed by atoms with Crippen molar-refractivity contribution in [2.45, 2.75) is 25.2 Å². The summed E-state index contributed by atoms with van der Waals surface area (Å²) in [5.74, 6) is 1.37. The van der Waals surface area contributed by atoms with Gasteiger partial charge in [0.05, 0.1) is 6.10 Å². The summed E-state index contributed by atoms with van der Waals surface area (Å²) in [7, 11) is 0. The highest BCUT2D eigenvalue weighted by Gasteiger charge is 2.07. The Labute approximate surface area is 104 Å². The van der Waals surface area contributed by atoms with E-state index in [4.69, 9.17) is 9.15 Å². The number of nitrogens with zero attached hydrogens (tertiary/aromatic N) is 2. The highest BCUT2D eigenvalue weighted by atomic mass is 32.2. The number of benzene rings is 1. The molecule has 0 unspecified atom stereocenters. The summed E-state index contributed by atoms with van der Waals surface area (Å²) in [6.07, 6.45) is 2.07. The van der Waals surface area contributed by atoms with E-state index in [9.17, 15) is 0 Å². The van der Waals surface area contributed by atoms with E-state index in [0.29, 0.717) is 11.1 Å². The van der Waals surface area contributed by atoms with Gasteiger partial charge in [-0.3, -0.25) is 0 Å². The van der Waals surface area contributed by atoms with Crippen LogP contribution >= 0.6 is 11.8 Å². The minimum absolute atomic E-state index is 0.173. The Hall–Kier alpha value is -1.49. The molecule has 5 heteroatoms. The maximum absolute atomic E-state index is 5.56. The molecule has 0 saturated heterocycles. The topological polar surface area (TPSA) is 48.2 Å². The zero-order chi connectivity index (χ0) is 12.3. The summed E-state index contributed by atoms with van der Waals surface area (Å²) in [5, 5.41) is 8.44. The van der Waals surface area contributed by atoms with Crippen LogP contribution in [-0.2, 0) is 0 Å². The number of thioether (sulfide) groups is 1. The van der Waals surface area contributed by atoms with E-state index in [1.807, 2.05) is 44.4 Å². The lowest BCUT2D eigenvalue weighted by Gasteiger charge is -2.09. The van der Waals surface area contributed by atoms with Crippen molar-refractivity contribution >= 4 is 11.8 Å². The van der Waals surface area contributed by atoms with Gasteiger partial charge in [-0.15, -0.1) is 10.2 Å². The van der Waals surface area contributed by atoms with Crippen LogP contribution in [0.2, 0.25) is 0 Å². The van der Waals surface area contributed by atoms with Crippen LogP contribution in [0.3, 0.4) is 0 Å². The molecule has 2 aromatic rings. The van der Waals surface area contributed by atoms with Crippen LogP contribution in [0, 0.1) is 0 Å². The van der Waals surface area contributed by atoms with Gasteiger partial charge in [-0.1, -0.05) is 11.8 Å². The zero-order valence-corrected chi connectivity index (χ0v) is 10.8. The SMILES string of the molecule is CSc1nnc(-c2ccc(OC(C)C)cc2)o1. The van der Waals surface area contributed by atoms with Gasteiger partial charge >= 0.3 is 0 Å². The number of aromatic nitrogens is 2. The van der Waals surface area contributed by atoms with Gasteiger partial charge in [0.1, 0.15) is 5.75 Å². The Morgan fingerprint density at radius 2 is 1.88 bits per heavy atom. The van der Waals surface area contributed by atoms with Crippen molar-refractivity contribution in [1.29, 1.82) is 0 Å². The Morgan fingerprint density at radius 1 is 1.18 bits per heavy atom. The van der Waals surface area contributed by atoms with Crippen LogP contribution in [0.15, 0.2) is 33.9 Å². The van der Waals surface area contributed by atoms with Crippen molar-refractivity contribution in [3.8, 4) is 17.2 Å². The van der Waals surface area contributed by atoms with E-state index in [1.165, 1.54) is 11.8 Å². The minimum Gasteiger partial charge on any atom is -0.491 e. The second-order valence-electron chi connectivity index (χ2n) is 3.77. The predicted octanol–water partition coefficient (Wildman–Crippen LogP) is 3.25. The molecule has 0 aliphatic rings. The zero-order valence-electron chi connectivity index (χ0n) is 10.0. The molecular formula is C12H14N2O2S. The van der Waals surface area contributed by atoms with Gasteiger partial charge in [0.15, 0.2) is 0 Å². The van der Waals surface area contributed by atoms with Gasteiger partial charge in [-0.2, -0.15) is 0 Å². The molecule has 1 aromatic heterocycles. The molecule has 0 bridgehead atoms. The average Bonchev–Trinajstić information content (AvgIpc) is 2.78. The Morgan fingerprint density at radius 3 is 2.41 bits per heavy atom. The van der Waals surface area contributed by atoms with Crippen LogP contribution in [0.5, 0.6) is 5.75 Å². The lowest BCUT2D eigenvalue weighted by molar-refractivity contribution is 0.242. The molecule has 0 aliphatic carbocycles. The van der Waals surface area contributed by atoms with Gasteiger partial charge < -0.3 is 9.15 Å². The standard InChI is InChI=1S/C12H14N2O2S/c1-8(2)15-10-6-4-9(5-7-10)11-13-14-12(16-11)17-3/h4-8H,1-3H3. The van der Waals surface area contributed by atoms with Gasteiger partial charge in [0.2, 0.25) is 5.89 Å². The molecule has 0 atom stereocenters. The molecule has 0 aliphatic heterocycles. The van der Waals surface area contributed by atoms with Gasteiger partial charge in [-0.25, -0.2) is 0 Å². The third-order valence-corrected chi connectivity index (χ3v) is 2.57. The Balaban J connectivity index is 2.17. The number of hydrogen-bond acceptors (Lipinski definition) is 5. The summed E-state index contributed by atoms with van der Waals surface area (Å²) in [6.45, 7) is 3.99. The van der Waals surface area contributed by atoms with E-state index in [0.717, 1.165) is 11.3 Å². The lowest BCUT2D eigenvalue weighted by atomic mass is 10.2. The van der Waals surface area contributed by atoms with Crippen LogP contribution in [-0.4, -0.2) is 22.6 Å². The van der Waals surface area contributed by atoms with Crippen molar-refractivity contribution in [3.63, 3.8) is 0 Å². The molecule has 1 aromatic carbocycles. The van der Waals surface area contributed by atoms with Crippen molar-refractivity contribution in [2.75, 3.05) is 6.26 Å². The minimum atomic E-state index is 0.173. The third kappa shape index (κ3) is 3.00. The van der Waals surface area contributed by atoms with Gasteiger partial charge in [0, 0.05) is 5.56 Å². The van der Waals surface area contributed by atoms with Crippen molar-refractivity contribution in [3.05, 3.63) is 24.3 Å². The molecule has 0 saturated carbocycles. The first-order valence-electron chi connectivity index (χ1n) is 5.33. The molecule has 1 heterocycles. The summed E-state index contributed by atoms with van der Waals surface area (Å²) in [6, 6.07) is 7.63. The first-order chi connectivity index (χ1) is 8.19. The third-order valence-electron chi connectivity index (χ3n) is 2.05. The average molecular weight is 250 g/mol. The monoisotopic (exact) mass is 250 g/mol. The summed E-state index contributed by atoms with van der Waals surface area (Å²) >= 11 is 1.43. The fraction of sp³-hybridized carbons (Fsp3) is 0.333. The maximum atomic E-state index is 5.56. The molecule has 0 amide bonds. The van der Waals surface area contributed by atoms with Gasteiger partial charge in [0.25, 0.3) is 5.22 Å². The Bertz CT molecular complexity index is 480. The molecule has 17 heavy (non-hydrogen) atoms. The highest BCUT2D eigenvalue weighted by molar-refractivity contribution is 7.98. The van der Waals surface area contributed by atoms with Crippen molar-refractivity contribution in [2.24, 2.45) is 0 Å². The van der Waals surface area contributed by atoms with Gasteiger partial charge in [-0.05, 0) is 44.4 Å². The highest BCUT2D eigenvalue weighted by Crippen LogP contribution is 2.24. The van der Waals surface area contributed by atoms with Crippen molar-refractivity contribution < 1.29 is 9.15 Å². The number of ether oxygens (including phenoxy) is 1. The summed E-state index contributed by atoms with van der Waals surface area (Å²) in [5.41, 5.74) is 0.897. The summed E-state index contributed by atoms with van der Waals surface area (Å²) in [4.78, 5) is 0. The van der Waals surface area contributed by atoms with Crippen molar-refractivity contribution in [1.82, 2.24) is 10.2 Å². The molecule has 0 spiro atoms. The normalized spacial score (nSPS) is 10.8. The molecule has 4 nitrogen and oxygen atoms in total. The Kier molecular flexibility index (Phi) is 3.68. The van der Waals surface area contributed by atoms with E-state index in [2.05, 4.69) is 10.2 Å². The summed E-state index contributed by atoms with van der Waals surface area (Å²) < 4.78 is 11.0. The number of rotatable bonds is 4. The molecular weight excluding hydrogens is 236 g/mol. The predicted molar refractivity (Wildman–Crippen MR) is 67.3 cm³/mol. The molecule has 0 N–H and O–H groups in total. The fourth-order valence-electron chi connectivity index (χ4n) is 1.36. The second-order valence-corrected chi connectivity index (χ2v) is 4.53. The van der Waals surface area contributed by atoms with Crippen LogP contribution in [0.25, 0.3) is 11.5 Å². The smallest absolute Gasteiger partial charge is 0.276 e. The molecule has 2 rings (SSSR count). The van der Waals surface area contributed by atoms with E-state index in [1.54, 1.807) is 0 Å². The molecule has 0 fully saturated rings. The van der Waals surface area contributed by atoms with E-state index >= 15 is 0 Å². The first-order valence-corrected chi connectivity index (χ1v) is 6.56.